The Hall–Kier alpha value is -1.25. The number of hydrogen-bond donors (Lipinski definition) is 0. The Morgan fingerprint density at radius 2 is 1.85 bits per heavy atom. The summed E-state index contributed by atoms with van der Waals surface area (Å²) in [5, 5.41) is 0. The number of carbonyl (C=O) groups excluding carboxylic acids is 1. The molecule has 0 aliphatic heterocycles. The quantitative estimate of drug-likeness (QED) is 0.660. The van der Waals surface area contributed by atoms with Crippen LogP contribution in [-0.2, 0) is 0 Å². The van der Waals surface area contributed by atoms with E-state index < -0.39 is 18.1 Å². The zero-order chi connectivity index (χ0) is 9.90. The largest absolute Gasteiger partial charge is 0.309 e. The summed E-state index contributed by atoms with van der Waals surface area (Å²) in [6.45, 7) is 1.29. The molecule has 1 aromatic rings. The van der Waals surface area contributed by atoms with Gasteiger partial charge in [-0.2, -0.15) is 8.78 Å². The molecule has 0 radical (unpaired) electrons. The minimum Gasteiger partial charge on any atom is -0.287 e. The van der Waals surface area contributed by atoms with Crippen molar-refractivity contribution in [3.63, 3.8) is 0 Å². The van der Waals surface area contributed by atoms with E-state index >= 15 is 0 Å². The van der Waals surface area contributed by atoms with Crippen molar-refractivity contribution in [2.45, 2.75) is 19.3 Å². The summed E-state index contributed by atoms with van der Waals surface area (Å²) in [5.41, 5.74) is 0.0642. The van der Waals surface area contributed by atoms with Gasteiger partial charge in [0.25, 0.3) is 0 Å². The van der Waals surface area contributed by atoms with Crippen LogP contribution in [0.4, 0.5) is 8.78 Å². The van der Waals surface area contributed by atoms with Crippen LogP contribution in [0.15, 0.2) is 30.3 Å². The summed E-state index contributed by atoms with van der Waals surface area (Å²) >= 11 is 0. The third-order valence-electron chi connectivity index (χ3n) is 1.81. The van der Waals surface area contributed by atoms with Crippen molar-refractivity contribution in [2.75, 3.05) is 0 Å². The maximum atomic E-state index is 12.9. The molecule has 0 amide bonds. The van der Waals surface area contributed by atoms with E-state index in [0.29, 0.717) is 0 Å². The Kier molecular flexibility index (Phi) is 2.76. The van der Waals surface area contributed by atoms with Gasteiger partial charge in [0.2, 0.25) is 5.78 Å². The average Bonchev–Trinajstić information content (AvgIpc) is 2.18. The number of carbonyl (C=O) groups is 1. The summed E-state index contributed by atoms with van der Waals surface area (Å²) < 4.78 is 25.8. The summed E-state index contributed by atoms with van der Waals surface area (Å²) in [4.78, 5) is 11.1. The second-order valence-corrected chi connectivity index (χ2v) is 2.75. The molecule has 0 heterocycles. The van der Waals surface area contributed by atoms with Crippen LogP contribution in [0.3, 0.4) is 0 Å². The topological polar surface area (TPSA) is 17.1 Å². The van der Waals surface area contributed by atoms with Crippen molar-refractivity contribution in [2.24, 2.45) is 0 Å². The third kappa shape index (κ3) is 2.11. The molecule has 0 saturated heterocycles. The van der Waals surface area contributed by atoms with Gasteiger partial charge in [-0.25, -0.2) is 0 Å². The first-order valence-corrected chi connectivity index (χ1v) is 4.05. The Bertz CT molecular complexity index is 293. The summed E-state index contributed by atoms with van der Waals surface area (Å²) in [6, 6.07) is 7.61. The molecule has 0 aliphatic carbocycles. The molecule has 0 spiro atoms. The lowest BCUT2D eigenvalue weighted by Crippen LogP contribution is -2.27. The molecule has 1 rings (SSSR count). The van der Waals surface area contributed by atoms with E-state index in [9.17, 15) is 13.6 Å². The second kappa shape index (κ2) is 3.64. The van der Waals surface area contributed by atoms with Gasteiger partial charge in [0.05, 0.1) is 0 Å². The lowest BCUT2D eigenvalue weighted by Gasteiger charge is -2.11. The smallest absolute Gasteiger partial charge is 0.287 e. The van der Waals surface area contributed by atoms with Gasteiger partial charge in [-0.15, -0.1) is 0 Å². The van der Waals surface area contributed by atoms with Gasteiger partial charge in [0.1, 0.15) is 0 Å². The molecule has 3 heteroatoms. The molecular weight excluding hydrogens is 174 g/mol. The van der Waals surface area contributed by atoms with Crippen molar-refractivity contribution in [1.29, 1.82) is 0 Å². The summed E-state index contributed by atoms with van der Waals surface area (Å²) in [5.74, 6) is -4.34. The number of rotatable bonds is 3. The predicted octanol–water partition coefficient (Wildman–Crippen LogP) is 2.91. The zero-order valence-electron chi connectivity index (χ0n) is 7.26. The van der Waals surface area contributed by atoms with Gasteiger partial charge in [-0.05, 0) is 0 Å². The van der Waals surface area contributed by atoms with E-state index in [1.165, 1.54) is 19.1 Å². The van der Waals surface area contributed by atoms with Crippen LogP contribution in [0.25, 0.3) is 0 Å². The van der Waals surface area contributed by atoms with Gasteiger partial charge >= 0.3 is 5.92 Å². The first-order chi connectivity index (χ1) is 6.08. The molecule has 0 fully saturated rings. The average molecular weight is 184 g/mol. The summed E-state index contributed by atoms with van der Waals surface area (Å²) in [7, 11) is 0. The van der Waals surface area contributed by atoms with Crippen LogP contribution >= 0.6 is 0 Å². The molecule has 0 unspecified atom stereocenters. The van der Waals surface area contributed by atoms with Crippen LogP contribution in [0.5, 0.6) is 0 Å². The third-order valence-corrected chi connectivity index (χ3v) is 1.81. The van der Waals surface area contributed by atoms with Crippen molar-refractivity contribution in [1.82, 2.24) is 0 Å². The first-order valence-electron chi connectivity index (χ1n) is 4.05. The number of Topliss-reactive ketones (excluding diaryl/α,β-unsaturated/α-hetero) is 1. The minimum atomic E-state index is -3.23. The van der Waals surface area contributed by atoms with Crippen LogP contribution in [0.1, 0.15) is 23.7 Å². The highest BCUT2D eigenvalue weighted by Gasteiger charge is 2.36. The molecule has 0 aliphatic rings. The maximum absolute atomic E-state index is 12.9. The molecule has 0 bridgehead atoms. The van der Waals surface area contributed by atoms with E-state index in [4.69, 9.17) is 0 Å². The fraction of sp³-hybridized carbons (Fsp3) is 0.300. The number of hydrogen-bond acceptors (Lipinski definition) is 1. The van der Waals surface area contributed by atoms with Crippen molar-refractivity contribution < 1.29 is 13.6 Å². The molecule has 0 aromatic heterocycles. The molecule has 1 aromatic carbocycles. The van der Waals surface area contributed by atoms with Crippen LogP contribution < -0.4 is 0 Å². The molecule has 0 saturated carbocycles. The number of ketones is 1. The van der Waals surface area contributed by atoms with Crippen molar-refractivity contribution in [3.05, 3.63) is 35.9 Å². The highest BCUT2D eigenvalue weighted by atomic mass is 19.3. The summed E-state index contributed by atoms with van der Waals surface area (Å²) in [6.07, 6.45) is -0.458. The van der Waals surface area contributed by atoms with E-state index in [-0.39, 0.29) is 5.56 Å². The second-order valence-electron chi connectivity index (χ2n) is 2.75. The van der Waals surface area contributed by atoms with E-state index in [0.717, 1.165) is 0 Å². The molecule has 0 atom stereocenters. The van der Waals surface area contributed by atoms with Gasteiger partial charge in [-0.1, -0.05) is 37.3 Å². The lowest BCUT2D eigenvalue weighted by molar-refractivity contribution is 0.00805. The number of halogens is 2. The number of benzene rings is 1. The molecule has 13 heavy (non-hydrogen) atoms. The Morgan fingerprint density at radius 1 is 1.31 bits per heavy atom. The maximum Gasteiger partial charge on any atom is 0.309 e. The Balaban J connectivity index is 2.93. The van der Waals surface area contributed by atoms with E-state index in [2.05, 4.69) is 0 Å². The zero-order valence-corrected chi connectivity index (χ0v) is 7.26. The number of alkyl halides is 2. The van der Waals surface area contributed by atoms with E-state index in [1.54, 1.807) is 18.2 Å². The first kappa shape index (κ1) is 9.84. The Labute approximate surface area is 75.4 Å². The van der Waals surface area contributed by atoms with Crippen LogP contribution in [0.2, 0.25) is 0 Å². The van der Waals surface area contributed by atoms with Gasteiger partial charge in [0.15, 0.2) is 0 Å². The van der Waals surface area contributed by atoms with Crippen molar-refractivity contribution >= 4 is 5.78 Å². The lowest BCUT2D eigenvalue weighted by atomic mass is 10.0. The normalized spacial score (nSPS) is 11.3. The SMILES string of the molecule is CCC(F)(F)C(=O)c1ccccc1. The molecule has 1 nitrogen and oxygen atoms in total. The van der Waals surface area contributed by atoms with Gasteiger partial charge in [0, 0.05) is 12.0 Å². The monoisotopic (exact) mass is 184 g/mol. The minimum absolute atomic E-state index is 0.0642. The van der Waals surface area contributed by atoms with Crippen LogP contribution in [-0.4, -0.2) is 11.7 Å². The van der Waals surface area contributed by atoms with Crippen molar-refractivity contribution in [3.8, 4) is 0 Å². The standard InChI is InChI=1S/C10H10F2O/c1-2-10(11,12)9(13)8-6-4-3-5-7-8/h3-7H,2H2,1H3. The highest BCUT2D eigenvalue weighted by Crippen LogP contribution is 2.23. The molecule has 70 valence electrons. The Morgan fingerprint density at radius 3 is 2.31 bits per heavy atom. The van der Waals surface area contributed by atoms with Gasteiger partial charge in [-0.3, -0.25) is 4.79 Å². The molecule has 0 N–H and O–H groups in total. The highest BCUT2D eigenvalue weighted by molar-refractivity contribution is 6.01. The van der Waals surface area contributed by atoms with Crippen LogP contribution in [0, 0.1) is 0 Å². The molecular formula is C10H10F2O. The van der Waals surface area contributed by atoms with E-state index in [1.807, 2.05) is 0 Å². The fourth-order valence-corrected chi connectivity index (χ4v) is 0.961. The fourth-order valence-electron chi connectivity index (χ4n) is 0.961. The predicted molar refractivity (Wildman–Crippen MR) is 46.0 cm³/mol. The van der Waals surface area contributed by atoms with Gasteiger partial charge < -0.3 is 0 Å².